The number of thiocarbonyl (C=S) groups is 1. The van der Waals surface area contributed by atoms with E-state index in [1.54, 1.807) is 6.07 Å². The lowest BCUT2D eigenvalue weighted by molar-refractivity contribution is -0.115. The van der Waals surface area contributed by atoms with Crippen molar-refractivity contribution < 1.29 is 19.4 Å². The fraction of sp³-hybridized carbons (Fsp3) is 0.167. The Morgan fingerprint density at radius 2 is 2.11 bits per heavy atom. The van der Waals surface area contributed by atoms with Crippen LogP contribution in [0, 0.1) is 0 Å². The van der Waals surface area contributed by atoms with E-state index in [0.29, 0.717) is 26.3 Å². The molecule has 0 aromatic heterocycles. The SMILES string of the molecule is COc1cc(O)c(C=C2SC(=S)NC2=O)c(OC)c1. The third kappa shape index (κ3) is 2.82. The van der Waals surface area contributed by atoms with E-state index in [0.717, 1.165) is 11.8 Å². The molecule has 0 aliphatic carbocycles. The summed E-state index contributed by atoms with van der Waals surface area (Å²) >= 11 is 6.04. The van der Waals surface area contributed by atoms with Gasteiger partial charge in [0.15, 0.2) is 0 Å². The number of methoxy groups -OCH3 is 2. The number of carbonyl (C=O) groups excluding carboxylic acids is 1. The Labute approximate surface area is 119 Å². The summed E-state index contributed by atoms with van der Waals surface area (Å²) in [5, 5.41) is 12.5. The van der Waals surface area contributed by atoms with Crippen molar-refractivity contribution in [2.45, 2.75) is 0 Å². The Bertz CT molecular complexity index is 583. The first kappa shape index (κ1) is 13.7. The van der Waals surface area contributed by atoms with Gasteiger partial charge in [-0.05, 0) is 6.08 Å². The summed E-state index contributed by atoms with van der Waals surface area (Å²) in [4.78, 5) is 12.0. The van der Waals surface area contributed by atoms with Crippen molar-refractivity contribution in [3.8, 4) is 17.2 Å². The van der Waals surface area contributed by atoms with Crippen LogP contribution >= 0.6 is 24.0 Å². The molecule has 0 saturated carbocycles. The Hall–Kier alpha value is -1.73. The number of rotatable bonds is 3. The molecule has 1 heterocycles. The van der Waals surface area contributed by atoms with Gasteiger partial charge in [-0.25, -0.2) is 0 Å². The fourth-order valence-corrected chi connectivity index (χ4v) is 2.60. The second kappa shape index (κ2) is 5.50. The minimum absolute atomic E-state index is 0.0325. The van der Waals surface area contributed by atoms with Gasteiger partial charge in [0.1, 0.15) is 21.6 Å². The van der Waals surface area contributed by atoms with E-state index in [2.05, 4.69) is 5.32 Å². The Balaban J connectivity index is 2.48. The molecule has 19 heavy (non-hydrogen) atoms. The van der Waals surface area contributed by atoms with Crippen molar-refractivity contribution in [3.05, 3.63) is 22.6 Å². The summed E-state index contributed by atoms with van der Waals surface area (Å²) in [6.45, 7) is 0. The van der Waals surface area contributed by atoms with Gasteiger partial charge >= 0.3 is 0 Å². The van der Waals surface area contributed by atoms with Crippen molar-refractivity contribution >= 4 is 40.3 Å². The Morgan fingerprint density at radius 3 is 2.63 bits per heavy atom. The molecule has 100 valence electrons. The van der Waals surface area contributed by atoms with Gasteiger partial charge in [0.05, 0.1) is 24.7 Å². The van der Waals surface area contributed by atoms with E-state index in [4.69, 9.17) is 21.7 Å². The Kier molecular flexibility index (Phi) is 3.96. The van der Waals surface area contributed by atoms with Crippen molar-refractivity contribution in [1.82, 2.24) is 5.32 Å². The molecule has 2 N–H and O–H groups in total. The van der Waals surface area contributed by atoms with Gasteiger partial charge in [-0.1, -0.05) is 24.0 Å². The third-order valence-electron chi connectivity index (χ3n) is 2.47. The monoisotopic (exact) mass is 297 g/mol. The van der Waals surface area contributed by atoms with Crippen LogP contribution in [0.2, 0.25) is 0 Å². The molecule has 0 spiro atoms. The van der Waals surface area contributed by atoms with E-state index >= 15 is 0 Å². The van der Waals surface area contributed by atoms with Gasteiger partial charge in [-0.3, -0.25) is 4.79 Å². The normalized spacial score (nSPS) is 16.6. The van der Waals surface area contributed by atoms with E-state index in [1.807, 2.05) is 0 Å². The lowest BCUT2D eigenvalue weighted by Gasteiger charge is -2.10. The van der Waals surface area contributed by atoms with Gasteiger partial charge < -0.3 is 19.9 Å². The molecule has 0 bridgehead atoms. The van der Waals surface area contributed by atoms with Crippen LogP contribution in [0.15, 0.2) is 17.0 Å². The summed E-state index contributed by atoms with van der Waals surface area (Å²) in [6, 6.07) is 3.08. The largest absolute Gasteiger partial charge is 0.507 e. The molecule has 1 aliphatic heterocycles. The summed E-state index contributed by atoms with van der Waals surface area (Å²) in [7, 11) is 2.97. The zero-order chi connectivity index (χ0) is 14.0. The van der Waals surface area contributed by atoms with E-state index in [-0.39, 0.29) is 11.7 Å². The molecule has 1 aromatic rings. The number of hydrogen-bond donors (Lipinski definition) is 2. The lowest BCUT2D eigenvalue weighted by atomic mass is 10.1. The number of amides is 1. The first-order valence-corrected chi connectivity index (χ1v) is 6.47. The number of phenolic OH excluding ortho intramolecular Hbond substituents is 1. The summed E-state index contributed by atoms with van der Waals surface area (Å²) < 4.78 is 10.6. The van der Waals surface area contributed by atoms with E-state index < -0.39 is 0 Å². The minimum atomic E-state index is -0.285. The molecule has 0 radical (unpaired) electrons. The maximum Gasteiger partial charge on any atom is 0.263 e. The van der Waals surface area contributed by atoms with Gasteiger partial charge in [0, 0.05) is 12.1 Å². The molecule has 1 aliphatic rings. The zero-order valence-electron chi connectivity index (χ0n) is 10.2. The van der Waals surface area contributed by atoms with Gasteiger partial charge in [0.25, 0.3) is 5.91 Å². The number of nitrogens with one attached hydrogen (secondary N) is 1. The van der Waals surface area contributed by atoms with Crippen molar-refractivity contribution in [2.75, 3.05) is 14.2 Å². The quantitative estimate of drug-likeness (QED) is 0.656. The maximum absolute atomic E-state index is 11.6. The van der Waals surface area contributed by atoms with Crippen LogP contribution in [-0.2, 0) is 4.79 Å². The molecule has 1 saturated heterocycles. The highest BCUT2D eigenvalue weighted by Crippen LogP contribution is 2.37. The molecule has 0 atom stereocenters. The predicted octanol–water partition coefficient (Wildman–Crippen LogP) is 1.90. The molecule has 7 heteroatoms. The number of phenols is 1. The van der Waals surface area contributed by atoms with Crippen LogP contribution in [0.25, 0.3) is 6.08 Å². The first-order valence-electron chi connectivity index (χ1n) is 5.25. The van der Waals surface area contributed by atoms with Crippen LogP contribution < -0.4 is 14.8 Å². The average Bonchev–Trinajstić information content (AvgIpc) is 2.69. The third-order valence-corrected chi connectivity index (χ3v) is 3.63. The molecular formula is C12H11NO4S2. The number of aromatic hydroxyl groups is 1. The predicted molar refractivity (Wildman–Crippen MR) is 77.5 cm³/mol. The summed E-state index contributed by atoms with van der Waals surface area (Å²) in [5.74, 6) is 0.563. The summed E-state index contributed by atoms with van der Waals surface area (Å²) in [6.07, 6.45) is 1.53. The number of carbonyl (C=O) groups is 1. The molecule has 1 aromatic carbocycles. The van der Waals surface area contributed by atoms with Gasteiger partial charge in [-0.2, -0.15) is 0 Å². The first-order chi connectivity index (χ1) is 9.05. The van der Waals surface area contributed by atoms with Gasteiger partial charge in [0.2, 0.25) is 0 Å². The van der Waals surface area contributed by atoms with Crippen LogP contribution in [0.4, 0.5) is 0 Å². The lowest BCUT2D eigenvalue weighted by Crippen LogP contribution is -2.17. The zero-order valence-corrected chi connectivity index (χ0v) is 11.9. The molecule has 5 nitrogen and oxygen atoms in total. The van der Waals surface area contributed by atoms with E-state index in [1.165, 1.54) is 26.4 Å². The second-order valence-electron chi connectivity index (χ2n) is 3.61. The number of ether oxygens (including phenoxy) is 2. The second-order valence-corrected chi connectivity index (χ2v) is 5.33. The highest BCUT2D eigenvalue weighted by atomic mass is 32.2. The standard InChI is InChI=1S/C12H11NO4S2/c1-16-6-3-8(14)7(9(4-6)17-2)5-10-11(15)13-12(18)19-10/h3-5,14H,1-2H3,(H,13,15,18). The van der Waals surface area contributed by atoms with Crippen molar-refractivity contribution in [2.24, 2.45) is 0 Å². The van der Waals surface area contributed by atoms with Crippen LogP contribution in [0.3, 0.4) is 0 Å². The maximum atomic E-state index is 11.6. The number of benzene rings is 1. The minimum Gasteiger partial charge on any atom is -0.507 e. The molecule has 1 amide bonds. The van der Waals surface area contributed by atoms with Crippen molar-refractivity contribution in [1.29, 1.82) is 0 Å². The van der Waals surface area contributed by atoms with Crippen LogP contribution in [-0.4, -0.2) is 29.6 Å². The van der Waals surface area contributed by atoms with Crippen molar-refractivity contribution in [3.63, 3.8) is 0 Å². The van der Waals surface area contributed by atoms with Gasteiger partial charge in [-0.15, -0.1) is 0 Å². The summed E-state index contributed by atoms with van der Waals surface area (Å²) in [5.41, 5.74) is 0.408. The Morgan fingerprint density at radius 1 is 1.37 bits per heavy atom. The highest BCUT2D eigenvalue weighted by molar-refractivity contribution is 8.26. The molecular weight excluding hydrogens is 286 g/mol. The number of hydrogen-bond acceptors (Lipinski definition) is 6. The topological polar surface area (TPSA) is 67.8 Å². The molecule has 0 unspecified atom stereocenters. The highest BCUT2D eigenvalue weighted by Gasteiger charge is 2.23. The molecule has 2 rings (SSSR count). The van der Waals surface area contributed by atoms with E-state index in [9.17, 15) is 9.90 Å². The van der Waals surface area contributed by atoms with Crippen LogP contribution in [0.5, 0.6) is 17.2 Å². The fourth-order valence-electron chi connectivity index (χ4n) is 1.57. The number of thioether (sulfide) groups is 1. The average molecular weight is 297 g/mol. The smallest absolute Gasteiger partial charge is 0.263 e. The van der Waals surface area contributed by atoms with Crippen LogP contribution in [0.1, 0.15) is 5.56 Å². The molecule has 1 fully saturated rings.